The molecule has 0 atom stereocenters. The Bertz CT molecular complexity index is 784. The summed E-state index contributed by atoms with van der Waals surface area (Å²) in [7, 11) is 1.43. The average Bonchev–Trinajstić information content (AvgIpc) is 2.54. The van der Waals surface area contributed by atoms with E-state index in [0.717, 1.165) is 0 Å². The van der Waals surface area contributed by atoms with Crippen molar-refractivity contribution in [2.45, 2.75) is 17.6 Å². The molecule has 0 aliphatic rings. The quantitative estimate of drug-likeness (QED) is 0.751. The summed E-state index contributed by atoms with van der Waals surface area (Å²) in [4.78, 5) is 23.8. The number of alkyl halides is 2. The Hall–Kier alpha value is -2.61. The van der Waals surface area contributed by atoms with Crippen LogP contribution >= 0.6 is 11.8 Å². The number of hydrogen-bond acceptors (Lipinski definition) is 4. The van der Waals surface area contributed by atoms with Gasteiger partial charge in [0.1, 0.15) is 5.75 Å². The number of benzene rings is 2. The molecule has 0 aliphatic heterocycles. The first-order chi connectivity index (χ1) is 11.9. The van der Waals surface area contributed by atoms with E-state index in [0.29, 0.717) is 28.9 Å². The van der Waals surface area contributed by atoms with Crippen LogP contribution in [0.2, 0.25) is 0 Å². The van der Waals surface area contributed by atoms with Crippen molar-refractivity contribution in [3.63, 3.8) is 0 Å². The van der Waals surface area contributed by atoms with Crippen molar-refractivity contribution in [2.24, 2.45) is 0 Å². The van der Waals surface area contributed by atoms with Crippen LogP contribution in [0, 0.1) is 0 Å². The van der Waals surface area contributed by atoms with E-state index in [2.05, 4.69) is 10.6 Å². The number of halogens is 2. The summed E-state index contributed by atoms with van der Waals surface area (Å²) in [6.07, 6.45) is 0. The van der Waals surface area contributed by atoms with Crippen LogP contribution in [-0.4, -0.2) is 24.7 Å². The molecule has 2 aromatic rings. The maximum absolute atomic E-state index is 12.7. The number of amides is 2. The minimum atomic E-state index is -2.63. The molecular formula is C17H16F2N2O3S. The van der Waals surface area contributed by atoms with E-state index in [1.54, 1.807) is 24.3 Å². The molecule has 0 heterocycles. The molecule has 0 bridgehead atoms. The first kappa shape index (κ1) is 18.7. The zero-order valence-corrected chi connectivity index (χ0v) is 14.3. The Balaban J connectivity index is 2.29. The number of carbonyl (C=O) groups is 2. The normalized spacial score (nSPS) is 10.4. The molecule has 0 aromatic heterocycles. The molecule has 0 aliphatic carbocycles. The highest BCUT2D eigenvalue weighted by atomic mass is 32.2. The van der Waals surface area contributed by atoms with E-state index >= 15 is 0 Å². The molecule has 0 saturated heterocycles. The van der Waals surface area contributed by atoms with E-state index in [1.807, 2.05) is 0 Å². The molecule has 25 heavy (non-hydrogen) atoms. The molecule has 2 amide bonds. The van der Waals surface area contributed by atoms with Gasteiger partial charge in [-0.25, -0.2) is 0 Å². The summed E-state index contributed by atoms with van der Waals surface area (Å²) in [6, 6.07) is 10.8. The molecule has 0 radical (unpaired) electrons. The fourth-order valence-electron chi connectivity index (χ4n) is 2.13. The van der Waals surface area contributed by atoms with Crippen LogP contribution in [0.15, 0.2) is 47.4 Å². The van der Waals surface area contributed by atoms with E-state index in [4.69, 9.17) is 4.74 Å². The van der Waals surface area contributed by atoms with E-state index in [9.17, 15) is 18.4 Å². The van der Waals surface area contributed by atoms with Gasteiger partial charge in [0, 0.05) is 17.5 Å². The van der Waals surface area contributed by atoms with Crippen molar-refractivity contribution < 1.29 is 23.1 Å². The van der Waals surface area contributed by atoms with E-state index < -0.39 is 11.7 Å². The van der Waals surface area contributed by atoms with Gasteiger partial charge in [-0.1, -0.05) is 23.9 Å². The molecule has 0 spiro atoms. The molecular weight excluding hydrogens is 350 g/mol. The lowest BCUT2D eigenvalue weighted by Gasteiger charge is -2.14. The van der Waals surface area contributed by atoms with Gasteiger partial charge in [0.25, 0.3) is 11.7 Å². The summed E-state index contributed by atoms with van der Waals surface area (Å²) in [5, 5.41) is 5.23. The number of rotatable bonds is 6. The first-order valence-electron chi connectivity index (χ1n) is 7.21. The first-order valence-corrected chi connectivity index (χ1v) is 8.09. The van der Waals surface area contributed by atoms with Crippen LogP contribution in [0.5, 0.6) is 5.75 Å². The van der Waals surface area contributed by atoms with E-state index in [1.165, 1.54) is 32.2 Å². The summed E-state index contributed by atoms with van der Waals surface area (Å²) in [5.74, 6) is -3.07. The van der Waals surface area contributed by atoms with Crippen molar-refractivity contribution in [3.8, 4) is 5.75 Å². The maximum Gasteiger partial charge on any atom is 0.288 e. The number of ether oxygens (including phenoxy) is 1. The third-order valence-corrected chi connectivity index (χ3v) is 3.90. The molecule has 0 saturated carbocycles. The minimum Gasteiger partial charge on any atom is -0.495 e. The molecule has 2 aromatic carbocycles. The number of methoxy groups -OCH3 is 1. The van der Waals surface area contributed by atoms with Crippen molar-refractivity contribution >= 4 is 35.0 Å². The Morgan fingerprint density at radius 1 is 1.12 bits per heavy atom. The van der Waals surface area contributed by atoms with Gasteiger partial charge < -0.3 is 15.4 Å². The lowest BCUT2D eigenvalue weighted by atomic mass is 10.2. The highest BCUT2D eigenvalue weighted by Crippen LogP contribution is 2.31. The van der Waals surface area contributed by atoms with Gasteiger partial charge >= 0.3 is 0 Å². The molecule has 0 fully saturated rings. The monoisotopic (exact) mass is 366 g/mol. The van der Waals surface area contributed by atoms with Gasteiger partial charge in [0.2, 0.25) is 5.91 Å². The minimum absolute atomic E-state index is 0.125. The van der Waals surface area contributed by atoms with Crippen LogP contribution in [0.3, 0.4) is 0 Å². The van der Waals surface area contributed by atoms with Gasteiger partial charge in [-0.15, -0.1) is 0 Å². The second kappa shape index (κ2) is 8.48. The lowest BCUT2D eigenvalue weighted by Crippen LogP contribution is -2.14. The third-order valence-electron chi connectivity index (χ3n) is 3.12. The van der Waals surface area contributed by atoms with Crippen LogP contribution in [-0.2, 0) is 4.79 Å². The van der Waals surface area contributed by atoms with Gasteiger partial charge in [-0.3, -0.25) is 9.59 Å². The molecule has 0 unspecified atom stereocenters. The number of nitrogens with one attached hydrogen (secondary N) is 2. The van der Waals surface area contributed by atoms with Crippen molar-refractivity contribution in [1.29, 1.82) is 0 Å². The van der Waals surface area contributed by atoms with Crippen LogP contribution < -0.4 is 15.4 Å². The Morgan fingerprint density at radius 2 is 1.84 bits per heavy atom. The SMILES string of the molecule is COc1ccc(NC(C)=O)cc1NC(=O)c1ccccc1SC(F)F. The topological polar surface area (TPSA) is 67.4 Å². The predicted molar refractivity (Wildman–Crippen MR) is 93.6 cm³/mol. The smallest absolute Gasteiger partial charge is 0.288 e. The number of hydrogen-bond donors (Lipinski definition) is 2. The Labute approximate surface area is 147 Å². The standard InChI is InChI=1S/C17H16F2N2O3S/c1-10(22)20-11-7-8-14(24-2)13(9-11)21-16(23)12-5-3-4-6-15(12)25-17(18)19/h3-9,17H,1-2H3,(H,20,22)(H,21,23). The van der Waals surface area contributed by atoms with Gasteiger partial charge in [-0.2, -0.15) is 8.78 Å². The molecule has 2 rings (SSSR count). The fraction of sp³-hybridized carbons (Fsp3) is 0.176. The Morgan fingerprint density at radius 3 is 2.48 bits per heavy atom. The highest BCUT2D eigenvalue weighted by Gasteiger charge is 2.17. The number of thioether (sulfide) groups is 1. The maximum atomic E-state index is 12.7. The summed E-state index contributed by atoms with van der Waals surface area (Å²) >= 11 is 0.303. The zero-order chi connectivity index (χ0) is 18.4. The molecule has 8 heteroatoms. The summed E-state index contributed by atoms with van der Waals surface area (Å²) in [5.41, 5.74) is 0.911. The average molecular weight is 366 g/mol. The number of carbonyl (C=O) groups excluding carboxylic acids is 2. The molecule has 5 nitrogen and oxygen atoms in total. The molecule has 132 valence electrons. The van der Waals surface area contributed by atoms with Crippen LogP contribution in [0.1, 0.15) is 17.3 Å². The van der Waals surface area contributed by atoms with Gasteiger partial charge in [0.15, 0.2) is 0 Å². The summed E-state index contributed by atoms with van der Waals surface area (Å²) in [6.45, 7) is 1.36. The van der Waals surface area contributed by atoms with Crippen LogP contribution in [0.4, 0.5) is 20.2 Å². The molecule has 2 N–H and O–H groups in total. The van der Waals surface area contributed by atoms with Crippen molar-refractivity contribution in [3.05, 3.63) is 48.0 Å². The second-order valence-electron chi connectivity index (χ2n) is 4.93. The van der Waals surface area contributed by atoms with E-state index in [-0.39, 0.29) is 16.4 Å². The Kier molecular flexibility index (Phi) is 6.35. The van der Waals surface area contributed by atoms with Gasteiger partial charge in [-0.05, 0) is 30.3 Å². The van der Waals surface area contributed by atoms with Crippen molar-refractivity contribution in [2.75, 3.05) is 17.7 Å². The fourth-order valence-corrected chi connectivity index (χ4v) is 2.77. The largest absolute Gasteiger partial charge is 0.495 e. The lowest BCUT2D eigenvalue weighted by molar-refractivity contribution is -0.114. The highest BCUT2D eigenvalue weighted by molar-refractivity contribution is 7.99. The number of anilines is 2. The van der Waals surface area contributed by atoms with Crippen LogP contribution in [0.25, 0.3) is 0 Å². The third kappa shape index (κ3) is 5.18. The summed E-state index contributed by atoms with van der Waals surface area (Å²) < 4.78 is 30.5. The predicted octanol–water partition coefficient (Wildman–Crippen LogP) is 4.22. The zero-order valence-electron chi connectivity index (χ0n) is 13.5. The van der Waals surface area contributed by atoms with Crippen molar-refractivity contribution in [1.82, 2.24) is 0 Å². The van der Waals surface area contributed by atoms with Gasteiger partial charge in [0.05, 0.1) is 18.4 Å². The second-order valence-corrected chi connectivity index (χ2v) is 5.96.